The Bertz CT molecular complexity index is 271. The predicted octanol–water partition coefficient (Wildman–Crippen LogP) is 4.91. The summed E-state index contributed by atoms with van der Waals surface area (Å²) < 4.78 is 31.4. The van der Waals surface area contributed by atoms with Gasteiger partial charge in [-0.2, -0.15) is 0 Å². The van der Waals surface area contributed by atoms with E-state index in [-0.39, 0.29) is 24.1 Å². The highest BCUT2D eigenvalue weighted by Gasteiger charge is 2.26. The molecule has 120 valence electrons. The van der Waals surface area contributed by atoms with Crippen molar-refractivity contribution in [2.75, 3.05) is 12.4 Å². The Morgan fingerprint density at radius 1 is 1.30 bits per heavy atom. The van der Waals surface area contributed by atoms with E-state index in [1.165, 1.54) is 18.7 Å². The van der Waals surface area contributed by atoms with E-state index in [2.05, 4.69) is 0 Å². The van der Waals surface area contributed by atoms with Gasteiger partial charge in [-0.3, -0.25) is 4.79 Å². The SMILES string of the molecule is CCCC(SCCCC(F)(F)CC)C(=O)OCC(C)C. The normalized spacial score (nSPS) is 13.6. The molecule has 0 aromatic carbocycles. The minimum absolute atomic E-state index is 0.101. The van der Waals surface area contributed by atoms with Gasteiger partial charge in [-0.15, -0.1) is 11.8 Å². The third-order valence-corrected chi connectivity index (χ3v) is 4.25. The van der Waals surface area contributed by atoms with Gasteiger partial charge in [0.1, 0.15) is 5.25 Å². The van der Waals surface area contributed by atoms with Crippen molar-refractivity contribution in [2.24, 2.45) is 5.92 Å². The van der Waals surface area contributed by atoms with E-state index in [4.69, 9.17) is 4.74 Å². The fraction of sp³-hybridized carbons (Fsp3) is 0.933. The summed E-state index contributed by atoms with van der Waals surface area (Å²) in [7, 11) is 0. The van der Waals surface area contributed by atoms with Crippen molar-refractivity contribution in [2.45, 2.75) is 71.0 Å². The first-order valence-corrected chi connectivity index (χ1v) is 8.53. The van der Waals surface area contributed by atoms with E-state index >= 15 is 0 Å². The maximum atomic E-state index is 13.1. The van der Waals surface area contributed by atoms with Crippen LogP contribution >= 0.6 is 11.8 Å². The second-order valence-corrected chi connectivity index (χ2v) is 6.80. The third-order valence-electron chi connectivity index (χ3n) is 2.90. The Hall–Kier alpha value is -0.320. The summed E-state index contributed by atoms with van der Waals surface area (Å²) in [6, 6.07) is 0. The fourth-order valence-electron chi connectivity index (χ4n) is 1.61. The van der Waals surface area contributed by atoms with Gasteiger partial charge in [-0.1, -0.05) is 34.1 Å². The van der Waals surface area contributed by atoms with Gasteiger partial charge in [0, 0.05) is 12.8 Å². The van der Waals surface area contributed by atoms with Crippen LogP contribution in [0.3, 0.4) is 0 Å². The molecule has 0 saturated heterocycles. The molecule has 0 rings (SSSR count). The molecular formula is C15H28F2O2S. The highest BCUT2D eigenvalue weighted by atomic mass is 32.2. The second kappa shape index (κ2) is 10.4. The van der Waals surface area contributed by atoms with E-state index in [1.54, 1.807) is 0 Å². The van der Waals surface area contributed by atoms with Gasteiger partial charge in [0.05, 0.1) is 6.61 Å². The van der Waals surface area contributed by atoms with Crippen LogP contribution in [0.25, 0.3) is 0 Å². The smallest absolute Gasteiger partial charge is 0.319 e. The molecule has 0 aliphatic carbocycles. The van der Waals surface area contributed by atoms with Crippen LogP contribution in [0.15, 0.2) is 0 Å². The van der Waals surface area contributed by atoms with Crippen molar-refractivity contribution in [3.05, 3.63) is 0 Å². The number of halogens is 2. The lowest BCUT2D eigenvalue weighted by molar-refractivity contribution is -0.144. The first kappa shape index (κ1) is 19.7. The van der Waals surface area contributed by atoms with Gasteiger partial charge in [0.15, 0.2) is 0 Å². The van der Waals surface area contributed by atoms with E-state index in [9.17, 15) is 13.6 Å². The summed E-state index contributed by atoms with van der Waals surface area (Å²) in [6.07, 6.45) is 1.84. The minimum atomic E-state index is -2.57. The quantitative estimate of drug-likeness (QED) is 0.400. The fourth-order valence-corrected chi connectivity index (χ4v) is 2.81. The van der Waals surface area contributed by atoms with Crippen molar-refractivity contribution in [3.8, 4) is 0 Å². The van der Waals surface area contributed by atoms with Crippen molar-refractivity contribution < 1.29 is 18.3 Å². The summed E-state index contributed by atoms with van der Waals surface area (Å²) in [5, 5.41) is -0.214. The lowest BCUT2D eigenvalue weighted by Gasteiger charge is -2.17. The standard InChI is InChI=1S/C15H28F2O2S/c1-5-8-13(14(18)19-11-12(3)4)20-10-7-9-15(16,17)6-2/h12-13H,5-11H2,1-4H3. The van der Waals surface area contributed by atoms with Crippen LogP contribution < -0.4 is 0 Å². The van der Waals surface area contributed by atoms with Crippen LogP contribution in [-0.2, 0) is 9.53 Å². The molecule has 20 heavy (non-hydrogen) atoms. The Morgan fingerprint density at radius 3 is 2.45 bits per heavy atom. The van der Waals surface area contributed by atoms with Gasteiger partial charge in [-0.25, -0.2) is 8.78 Å². The topological polar surface area (TPSA) is 26.3 Å². The van der Waals surface area contributed by atoms with Crippen molar-refractivity contribution in [1.29, 1.82) is 0 Å². The summed E-state index contributed by atoms with van der Waals surface area (Å²) in [5.74, 6) is -1.88. The summed E-state index contributed by atoms with van der Waals surface area (Å²) in [6.45, 7) is 7.91. The molecule has 0 radical (unpaired) electrons. The number of thioether (sulfide) groups is 1. The molecule has 0 aromatic rings. The van der Waals surface area contributed by atoms with Crippen LogP contribution in [0.5, 0.6) is 0 Å². The van der Waals surface area contributed by atoms with Crippen LogP contribution in [0, 0.1) is 5.92 Å². The number of rotatable bonds is 11. The molecule has 0 aliphatic heterocycles. The van der Waals surface area contributed by atoms with E-state index in [0.29, 0.717) is 24.7 Å². The largest absolute Gasteiger partial charge is 0.465 e. The number of carbonyl (C=O) groups excluding carboxylic acids is 1. The van der Waals surface area contributed by atoms with Gasteiger partial charge >= 0.3 is 5.97 Å². The molecule has 1 unspecified atom stereocenters. The van der Waals surface area contributed by atoms with E-state index in [0.717, 1.165) is 12.8 Å². The lowest BCUT2D eigenvalue weighted by atomic mass is 10.1. The molecule has 0 fully saturated rings. The van der Waals surface area contributed by atoms with Gasteiger partial charge in [0.2, 0.25) is 5.92 Å². The molecule has 0 bridgehead atoms. The second-order valence-electron chi connectivity index (χ2n) is 5.49. The maximum Gasteiger partial charge on any atom is 0.319 e. The molecule has 0 heterocycles. The van der Waals surface area contributed by atoms with Crippen molar-refractivity contribution in [3.63, 3.8) is 0 Å². The monoisotopic (exact) mass is 310 g/mol. The number of hydrogen-bond donors (Lipinski definition) is 0. The Balaban J connectivity index is 4.04. The minimum Gasteiger partial charge on any atom is -0.465 e. The molecule has 0 aromatic heterocycles. The Morgan fingerprint density at radius 2 is 1.95 bits per heavy atom. The molecule has 0 aliphatic rings. The average Bonchev–Trinajstić information content (AvgIpc) is 2.39. The molecular weight excluding hydrogens is 282 g/mol. The molecule has 5 heteroatoms. The molecule has 0 saturated carbocycles. The Kier molecular flexibility index (Phi) is 10.2. The molecule has 0 amide bonds. The van der Waals surface area contributed by atoms with Gasteiger partial charge in [0.25, 0.3) is 0 Å². The lowest BCUT2D eigenvalue weighted by Crippen LogP contribution is -2.23. The van der Waals surface area contributed by atoms with Crippen LogP contribution in [-0.4, -0.2) is 29.5 Å². The molecule has 1 atom stereocenters. The first-order chi connectivity index (χ1) is 9.32. The average molecular weight is 310 g/mol. The molecule has 0 N–H and O–H groups in total. The number of alkyl halides is 2. The Labute approximate surface area is 126 Å². The highest BCUT2D eigenvalue weighted by Crippen LogP contribution is 2.26. The summed E-state index contributed by atoms with van der Waals surface area (Å²) in [4.78, 5) is 11.9. The number of ether oxygens (including phenoxy) is 1. The zero-order valence-electron chi connectivity index (χ0n) is 13.1. The zero-order valence-corrected chi connectivity index (χ0v) is 13.9. The van der Waals surface area contributed by atoms with Gasteiger partial charge < -0.3 is 4.74 Å². The first-order valence-electron chi connectivity index (χ1n) is 7.48. The molecule has 0 spiro atoms. The third kappa shape index (κ3) is 9.56. The van der Waals surface area contributed by atoms with E-state index in [1.807, 2.05) is 20.8 Å². The summed E-state index contributed by atoms with van der Waals surface area (Å²) in [5.41, 5.74) is 0. The zero-order chi connectivity index (χ0) is 15.6. The van der Waals surface area contributed by atoms with Gasteiger partial charge in [-0.05, 0) is 24.5 Å². The van der Waals surface area contributed by atoms with Crippen LogP contribution in [0.4, 0.5) is 8.78 Å². The van der Waals surface area contributed by atoms with Crippen LogP contribution in [0.1, 0.15) is 59.8 Å². The highest BCUT2D eigenvalue weighted by molar-refractivity contribution is 8.00. The van der Waals surface area contributed by atoms with Crippen LogP contribution in [0.2, 0.25) is 0 Å². The number of carbonyl (C=O) groups is 1. The maximum absolute atomic E-state index is 13.1. The van der Waals surface area contributed by atoms with Crippen molar-refractivity contribution >= 4 is 17.7 Å². The van der Waals surface area contributed by atoms with E-state index < -0.39 is 5.92 Å². The predicted molar refractivity (Wildman–Crippen MR) is 81.4 cm³/mol. The number of hydrogen-bond acceptors (Lipinski definition) is 3. The molecule has 2 nitrogen and oxygen atoms in total. The summed E-state index contributed by atoms with van der Waals surface area (Å²) >= 11 is 1.45. The van der Waals surface area contributed by atoms with Crippen molar-refractivity contribution in [1.82, 2.24) is 0 Å². The number of esters is 1.